The number of benzene rings is 1. The minimum atomic E-state index is -0.203. The van der Waals surface area contributed by atoms with Gasteiger partial charge in [-0.25, -0.2) is 0 Å². The summed E-state index contributed by atoms with van der Waals surface area (Å²) in [7, 11) is 0. The maximum absolute atomic E-state index is 5.97. The lowest BCUT2D eigenvalue weighted by Gasteiger charge is -2.09. The Labute approximate surface area is 115 Å². The first kappa shape index (κ1) is 13.2. The predicted molar refractivity (Wildman–Crippen MR) is 73.0 cm³/mol. The Hall–Kier alpha value is -1.20. The quantitative estimate of drug-likeness (QED) is 0.942. The summed E-state index contributed by atoms with van der Waals surface area (Å²) >= 11 is 3.50. The van der Waals surface area contributed by atoms with Crippen molar-refractivity contribution in [2.75, 3.05) is 0 Å². The number of halogens is 1. The highest BCUT2D eigenvalue weighted by atomic mass is 79.9. The van der Waals surface area contributed by atoms with Crippen LogP contribution in [0.15, 0.2) is 33.3 Å². The average Bonchev–Trinajstić information content (AvgIpc) is 2.79. The molecule has 5 heteroatoms. The van der Waals surface area contributed by atoms with E-state index in [1.165, 1.54) is 0 Å². The molecule has 2 aromatic rings. The maximum atomic E-state index is 5.97. The van der Waals surface area contributed by atoms with Crippen LogP contribution in [-0.2, 0) is 6.42 Å². The Bertz CT molecular complexity index is 524. The average molecular weight is 310 g/mol. The van der Waals surface area contributed by atoms with Crippen molar-refractivity contribution in [1.29, 1.82) is 0 Å². The van der Waals surface area contributed by atoms with Gasteiger partial charge in [0.1, 0.15) is 0 Å². The molecule has 1 heterocycles. The first-order valence-corrected chi connectivity index (χ1v) is 6.68. The van der Waals surface area contributed by atoms with E-state index in [0.717, 1.165) is 10.0 Å². The van der Waals surface area contributed by atoms with Crippen LogP contribution >= 0.6 is 15.9 Å². The highest BCUT2D eigenvalue weighted by molar-refractivity contribution is 9.10. The van der Waals surface area contributed by atoms with Gasteiger partial charge in [0.25, 0.3) is 0 Å². The number of hydrogen-bond donors (Lipinski definition) is 1. The molecule has 4 nitrogen and oxygen atoms in total. The fourth-order valence-electron chi connectivity index (χ4n) is 1.57. The third-order valence-electron chi connectivity index (χ3n) is 2.79. The van der Waals surface area contributed by atoms with Gasteiger partial charge in [0.15, 0.2) is 5.82 Å². The molecule has 18 heavy (non-hydrogen) atoms. The predicted octanol–water partition coefficient (Wildman–Crippen LogP) is 3.08. The van der Waals surface area contributed by atoms with E-state index in [2.05, 4.69) is 26.1 Å². The van der Waals surface area contributed by atoms with Gasteiger partial charge in [-0.1, -0.05) is 53.1 Å². The summed E-state index contributed by atoms with van der Waals surface area (Å²) in [6.07, 6.45) is 0.635. The second-order valence-corrected chi connectivity index (χ2v) is 5.44. The molecule has 0 saturated heterocycles. The third-order valence-corrected chi connectivity index (χ3v) is 3.57. The number of hydrogen-bond acceptors (Lipinski definition) is 4. The Morgan fingerprint density at radius 2 is 2.06 bits per heavy atom. The number of nitrogens with two attached hydrogens (primary N) is 1. The van der Waals surface area contributed by atoms with E-state index in [9.17, 15) is 0 Å². The van der Waals surface area contributed by atoms with Gasteiger partial charge < -0.3 is 10.3 Å². The molecule has 0 aliphatic rings. The Morgan fingerprint density at radius 3 is 2.72 bits per heavy atom. The maximum Gasteiger partial charge on any atom is 0.243 e. The van der Waals surface area contributed by atoms with Crippen LogP contribution in [-0.4, -0.2) is 10.1 Å². The van der Waals surface area contributed by atoms with Gasteiger partial charge in [0, 0.05) is 10.9 Å². The first-order valence-electron chi connectivity index (χ1n) is 5.89. The first-order chi connectivity index (χ1) is 8.58. The van der Waals surface area contributed by atoms with Crippen molar-refractivity contribution < 1.29 is 4.52 Å². The zero-order valence-electron chi connectivity index (χ0n) is 10.4. The van der Waals surface area contributed by atoms with Crippen LogP contribution in [0.4, 0.5) is 0 Å². The minimum absolute atomic E-state index is 0.203. The van der Waals surface area contributed by atoms with Gasteiger partial charge in [-0.15, -0.1) is 0 Å². The zero-order valence-corrected chi connectivity index (χ0v) is 12.0. The largest absolute Gasteiger partial charge is 0.338 e. The van der Waals surface area contributed by atoms with Crippen molar-refractivity contribution in [1.82, 2.24) is 10.1 Å². The van der Waals surface area contributed by atoms with Crippen molar-refractivity contribution >= 4 is 15.9 Å². The van der Waals surface area contributed by atoms with Crippen LogP contribution in [0.25, 0.3) is 0 Å². The fraction of sp³-hybridized carbons (Fsp3) is 0.385. The molecule has 1 atom stereocenters. The molecular weight excluding hydrogens is 294 g/mol. The van der Waals surface area contributed by atoms with Crippen LogP contribution in [0, 0.1) is 5.92 Å². The van der Waals surface area contributed by atoms with Crippen LogP contribution < -0.4 is 5.73 Å². The molecule has 0 bridgehead atoms. The van der Waals surface area contributed by atoms with Crippen LogP contribution in [0.5, 0.6) is 0 Å². The van der Waals surface area contributed by atoms with E-state index in [-0.39, 0.29) is 12.0 Å². The summed E-state index contributed by atoms with van der Waals surface area (Å²) in [5.74, 6) is 1.45. The molecule has 0 amide bonds. The molecule has 2 N–H and O–H groups in total. The van der Waals surface area contributed by atoms with Crippen molar-refractivity contribution in [3.05, 3.63) is 46.0 Å². The van der Waals surface area contributed by atoms with Crippen molar-refractivity contribution in [3.63, 3.8) is 0 Å². The van der Waals surface area contributed by atoms with Gasteiger partial charge in [-0.3, -0.25) is 0 Å². The highest BCUT2D eigenvalue weighted by Gasteiger charge is 2.18. The number of rotatable bonds is 4. The van der Waals surface area contributed by atoms with E-state index in [4.69, 9.17) is 10.3 Å². The number of nitrogens with zero attached hydrogens (tertiary/aromatic N) is 2. The Morgan fingerprint density at radius 1 is 1.33 bits per heavy atom. The standard InChI is InChI=1S/C13H16BrN3O/c1-8(2)12(15)13-16-11(17-18-13)7-9-5-3-4-6-10(9)14/h3-6,8,12H,7,15H2,1-2H3/t12-/m0/s1. The Kier molecular flexibility index (Phi) is 4.14. The van der Waals surface area contributed by atoms with Gasteiger partial charge in [0.05, 0.1) is 6.04 Å². The summed E-state index contributed by atoms with van der Waals surface area (Å²) in [6, 6.07) is 7.79. The van der Waals surface area contributed by atoms with E-state index in [1.807, 2.05) is 38.1 Å². The van der Waals surface area contributed by atoms with Crippen molar-refractivity contribution in [2.45, 2.75) is 26.3 Å². The summed E-state index contributed by atoms with van der Waals surface area (Å²) in [5.41, 5.74) is 7.10. The topological polar surface area (TPSA) is 64.9 Å². The molecule has 2 rings (SSSR count). The van der Waals surface area contributed by atoms with Crippen LogP contribution in [0.1, 0.15) is 37.2 Å². The molecule has 0 aliphatic carbocycles. The minimum Gasteiger partial charge on any atom is -0.338 e. The van der Waals surface area contributed by atoms with Crippen LogP contribution in [0.3, 0.4) is 0 Å². The van der Waals surface area contributed by atoms with Gasteiger partial charge >= 0.3 is 0 Å². The summed E-state index contributed by atoms with van der Waals surface area (Å²) in [5, 5.41) is 3.97. The van der Waals surface area contributed by atoms with E-state index < -0.39 is 0 Å². The SMILES string of the molecule is CC(C)[C@H](N)c1nc(Cc2ccccc2Br)no1. The molecule has 1 aromatic heterocycles. The summed E-state index contributed by atoms with van der Waals surface area (Å²) in [6.45, 7) is 4.06. The Balaban J connectivity index is 2.14. The van der Waals surface area contributed by atoms with Crippen molar-refractivity contribution in [2.24, 2.45) is 11.7 Å². The van der Waals surface area contributed by atoms with Crippen LogP contribution in [0.2, 0.25) is 0 Å². The monoisotopic (exact) mass is 309 g/mol. The summed E-state index contributed by atoms with van der Waals surface area (Å²) < 4.78 is 6.24. The molecule has 0 aliphatic heterocycles. The van der Waals surface area contributed by atoms with Gasteiger partial charge in [-0.05, 0) is 17.5 Å². The number of aromatic nitrogens is 2. The lowest BCUT2D eigenvalue weighted by molar-refractivity contribution is 0.322. The van der Waals surface area contributed by atoms with Crippen molar-refractivity contribution in [3.8, 4) is 0 Å². The molecule has 96 valence electrons. The van der Waals surface area contributed by atoms with E-state index in [1.54, 1.807) is 0 Å². The smallest absolute Gasteiger partial charge is 0.243 e. The fourth-order valence-corrected chi connectivity index (χ4v) is 2.00. The highest BCUT2D eigenvalue weighted by Crippen LogP contribution is 2.20. The second-order valence-electron chi connectivity index (χ2n) is 4.59. The zero-order chi connectivity index (χ0) is 13.1. The summed E-state index contributed by atoms with van der Waals surface area (Å²) in [4.78, 5) is 4.34. The third kappa shape index (κ3) is 2.97. The molecule has 1 aromatic carbocycles. The molecule has 0 saturated carbocycles. The molecule has 0 unspecified atom stereocenters. The van der Waals surface area contributed by atoms with E-state index >= 15 is 0 Å². The normalized spacial score (nSPS) is 12.9. The van der Waals surface area contributed by atoms with Gasteiger partial charge in [0.2, 0.25) is 5.89 Å². The van der Waals surface area contributed by atoms with E-state index in [0.29, 0.717) is 18.1 Å². The molecule has 0 fully saturated rings. The lowest BCUT2D eigenvalue weighted by Crippen LogP contribution is -2.17. The second kappa shape index (κ2) is 5.63. The lowest BCUT2D eigenvalue weighted by atomic mass is 10.1. The van der Waals surface area contributed by atoms with Gasteiger partial charge in [-0.2, -0.15) is 4.98 Å². The molecule has 0 radical (unpaired) electrons. The molecule has 0 spiro atoms. The molecular formula is C13H16BrN3O.